The molecular formula is C9H9ClN2O3. The Balaban J connectivity index is 2.54. The maximum atomic E-state index is 11.4. The Morgan fingerprint density at radius 1 is 1.53 bits per heavy atom. The van der Waals surface area contributed by atoms with Crippen LogP contribution in [-0.4, -0.2) is 30.5 Å². The monoisotopic (exact) mass is 228 g/mol. The van der Waals surface area contributed by atoms with E-state index in [0.29, 0.717) is 5.02 Å². The van der Waals surface area contributed by atoms with Gasteiger partial charge in [0.15, 0.2) is 0 Å². The number of nitrogens with zero attached hydrogens (tertiary/aromatic N) is 1. The van der Waals surface area contributed by atoms with Crippen LogP contribution in [0.3, 0.4) is 0 Å². The van der Waals surface area contributed by atoms with Gasteiger partial charge in [0.25, 0.3) is 5.91 Å². The Morgan fingerprint density at radius 3 is 2.80 bits per heavy atom. The Kier molecular flexibility index (Phi) is 4.05. The van der Waals surface area contributed by atoms with Crippen molar-refractivity contribution in [3.05, 3.63) is 29.0 Å². The Bertz CT molecular complexity index is 364. The molecule has 0 saturated heterocycles. The number of hydrogen-bond donors (Lipinski definition) is 1. The lowest BCUT2D eigenvalue weighted by molar-refractivity contribution is -0.139. The summed E-state index contributed by atoms with van der Waals surface area (Å²) < 4.78 is 4.36. The summed E-state index contributed by atoms with van der Waals surface area (Å²) in [5, 5.41) is 2.79. The summed E-state index contributed by atoms with van der Waals surface area (Å²) >= 11 is 5.60. The average molecular weight is 229 g/mol. The minimum absolute atomic E-state index is 0.181. The first-order chi connectivity index (χ1) is 7.13. The van der Waals surface area contributed by atoms with E-state index in [1.165, 1.54) is 19.4 Å². The summed E-state index contributed by atoms with van der Waals surface area (Å²) in [5.41, 5.74) is 0.198. The standard InChI is InChI=1S/C9H9ClN2O3/c1-15-8(13)5-12-9(14)7-3-2-6(10)4-11-7/h2-4H,5H2,1H3,(H,12,14). The predicted molar refractivity (Wildman–Crippen MR) is 53.6 cm³/mol. The molecule has 1 rings (SSSR count). The van der Waals surface area contributed by atoms with Gasteiger partial charge in [-0.15, -0.1) is 0 Å². The van der Waals surface area contributed by atoms with E-state index in [4.69, 9.17) is 11.6 Å². The van der Waals surface area contributed by atoms with Crippen molar-refractivity contribution >= 4 is 23.5 Å². The van der Waals surface area contributed by atoms with Gasteiger partial charge in [-0.25, -0.2) is 4.98 Å². The van der Waals surface area contributed by atoms with E-state index in [1.807, 2.05) is 0 Å². The van der Waals surface area contributed by atoms with Crippen molar-refractivity contribution in [2.24, 2.45) is 0 Å². The van der Waals surface area contributed by atoms with E-state index in [0.717, 1.165) is 0 Å². The molecule has 0 radical (unpaired) electrons. The summed E-state index contributed by atoms with van der Waals surface area (Å²) in [4.78, 5) is 25.9. The van der Waals surface area contributed by atoms with Crippen molar-refractivity contribution in [2.45, 2.75) is 0 Å². The topological polar surface area (TPSA) is 68.3 Å². The second kappa shape index (κ2) is 5.31. The Morgan fingerprint density at radius 2 is 2.27 bits per heavy atom. The molecule has 0 aromatic carbocycles. The van der Waals surface area contributed by atoms with Crippen LogP contribution in [0, 0.1) is 0 Å². The summed E-state index contributed by atoms with van der Waals surface area (Å²) in [6.07, 6.45) is 1.36. The maximum absolute atomic E-state index is 11.4. The molecule has 6 heteroatoms. The smallest absolute Gasteiger partial charge is 0.325 e. The molecule has 0 spiro atoms. The second-order valence-electron chi connectivity index (χ2n) is 2.62. The minimum Gasteiger partial charge on any atom is -0.468 e. The third-order valence-corrected chi connectivity index (χ3v) is 1.80. The first-order valence-corrected chi connectivity index (χ1v) is 4.48. The molecule has 15 heavy (non-hydrogen) atoms. The second-order valence-corrected chi connectivity index (χ2v) is 3.06. The molecule has 0 atom stereocenters. The largest absolute Gasteiger partial charge is 0.468 e. The SMILES string of the molecule is COC(=O)CNC(=O)c1ccc(Cl)cn1. The van der Waals surface area contributed by atoms with Gasteiger partial charge in [0.2, 0.25) is 0 Å². The number of pyridine rings is 1. The van der Waals surface area contributed by atoms with Gasteiger partial charge in [0.05, 0.1) is 12.1 Å². The molecule has 0 aliphatic rings. The summed E-state index contributed by atoms with van der Waals surface area (Å²) in [6.45, 7) is -0.181. The van der Waals surface area contributed by atoms with Crippen molar-refractivity contribution < 1.29 is 14.3 Å². The van der Waals surface area contributed by atoms with Gasteiger partial charge in [-0.3, -0.25) is 9.59 Å². The molecule has 0 bridgehead atoms. The van der Waals surface area contributed by atoms with Crippen LogP contribution in [-0.2, 0) is 9.53 Å². The van der Waals surface area contributed by atoms with Gasteiger partial charge >= 0.3 is 5.97 Å². The van der Waals surface area contributed by atoms with Crippen molar-refractivity contribution in [1.82, 2.24) is 10.3 Å². The van der Waals surface area contributed by atoms with Gasteiger partial charge in [-0.05, 0) is 12.1 Å². The van der Waals surface area contributed by atoms with E-state index in [9.17, 15) is 9.59 Å². The van der Waals surface area contributed by atoms with Crippen molar-refractivity contribution in [1.29, 1.82) is 0 Å². The molecule has 1 aromatic rings. The normalized spacial score (nSPS) is 9.47. The van der Waals surface area contributed by atoms with Crippen LogP contribution in [0.2, 0.25) is 5.02 Å². The van der Waals surface area contributed by atoms with E-state index in [1.54, 1.807) is 6.07 Å². The van der Waals surface area contributed by atoms with Crippen molar-refractivity contribution in [2.75, 3.05) is 13.7 Å². The molecule has 0 aliphatic heterocycles. The van der Waals surface area contributed by atoms with Gasteiger partial charge in [0.1, 0.15) is 12.2 Å². The molecule has 1 N–H and O–H groups in total. The zero-order chi connectivity index (χ0) is 11.3. The number of hydrogen-bond acceptors (Lipinski definition) is 4. The van der Waals surface area contributed by atoms with Gasteiger partial charge in [0, 0.05) is 6.20 Å². The molecule has 0 fully saturated rings. The first-order valence-electron chi connectivity index (χ1n) is 4.10. The van der Waals surface area contributed by atoms with Crippen molar-refractivity contribution in [3.8, 4) is 0 Å². The van der Waals surface area contributed by atoms with Crippen LogP contribution < -0.4 is 5.32 Å². The maximum Gasteiger partial charge on any atom is 0.325 e. The molecule has 0 saturated carbocycles. The van der Waals surface area contributed by atoms with Crippen LogP contribution in [0.15, 0.2) is 18.3 Å². The Labute approximate surface area is 91.4 Å². The molecule has 5 nitrogen and oxygen atoms in total. The zero-order valence-electron chi connectivity index (χ0n) is 7.99. The number of halogens is 1. The molecular weight excluding hydrogens is 220 g/mol. The van der Waals surface area contributed by atoms with E-state index < -0.39 is 11.9 Å². The molecule has 80 valence electrons. The fourth-order valence-electron chi connectivity index (χ4n) is 0.825. The highest BCUT2D eigenvalue weighted by Gasteiger charge is 2.08. The average Bonchev–Trinajstić information content (AvgIpc) is 2.26. The summed E-state index contributed by atoms with van der Waals surface area (Å²) in [5.74, 6) is -0.964. The quantitative estimate of drug-likeness (QED) is 0.771. The van der Waals surface area contributed by atoms with E-state index >= 15 is 0 Å². The lowest BCUT2D eigenvalue weighted by Gasteiger charge is -2.02. The van der Waals surface area contributed by atoms with E-state index in [-0.39, 0.29) is 12.2 Å². The highest BCUT2D eigenvalue weighted by Crippen LogP contribution is 2.05. The third-order valence-electron chi connectivity index (χ3n) is 1.58. The van der Waals surface area contributed by atoms with Gasteiger partial charge in [-0.2, -0.15) is 0 Å². The number of amides is 1. The Hall–Kier alpha value is -1.62. The first kappa shape index (κ1) is 11.5. The molecule has 1 amide bonds. The van der Waals surface area contributed by atoms with Gasteiger partial charge in [-0.1, -0.05) is 11.6 Å². The molecule has 1 heterocycles. The number of esters is 1. The fourth-order valence-corrected chi connectivity index (χ4v) is 0.937. The number of ether oxygens (including phenoxy) is 1. The fraction of sp³-hybridized carbons (Fsp3) is 0.222. The minimum atomic E-state index is -0.516. The number of nitrogens with one attached hydrogen (secondary N) is 1. The number of aromatic nitrogens is 1. The van der Waals surface area contributed by atoms with Crippen LogP contribution >= 0.6 is 11.6 Å². The number of methoxy groups -OCH3 is 1. The van der Waals surface area contributed by atoms with Crippen LogP contribution in [0.1, 0.15) is 10.5 Å². The van der Waals surface area contributed by atoms with Crippen LogP contribution in [0.25, 0.3) is 0 Å². The number of carbonyl (C=O) groups is 2. The molecule has 1 aromatic heterocycles. The third kappa shape index (κ3) is 3.55. The number of rotatable bonds is 3. The van der Waals surface area contributed by atoms with Gasteiger partial charge < -0.3 is 10.1 Å². The van der Waals surface area contributed by atoms with E-state index in [2.05, 4.69) is 15.0 Å². The predicted octanol–water partition coefficient (Wildman–Crippen LogP) is 0.638. The van der Waals surface area contributed by atoms with Crippen LogP contribution in [0.4, 0.5) is 0 Å². The lowest BCUT2D eigenvalue weighted by Crippen LogP contribution is -2.30. The van der Waals surface area contributed by atoms with Crippen LogP contribution in [0.5, 0.6) is 0 Å². The zero-order valence-corrected chi connectivity index (χ0v) is 8.75. The molecule has 0 unspecified atom stereocenters. The number of carbonyl (C=O) groups excluding carboxylic acids is 2. The van der Waals surface area contributed by atoms with Crippen molar-refractivity contribution in [3.63, 3.8) is 0 Å². The highest BCUT2D eigenvalue weighted by molar-refractivity contribution is 6.30. The summed E-state index contributed by atoms with van der Waals surface area (Å²) in [6, 6.07) is 3.01. The lowest BCUT2D eigenvalue weighted by atomic mass is 10.3. The summed E-state index contributed by atoms with van der Waals surface area (Å²) in [7, 11) is 1.25. The molecule has 0 aliphatic carbocycles. The highest BCUT2D eigenvalue weighted by atomic mass is 35.5.